The molecule has 0 aliphatic heterocycles. The van der Waals surface area contributed by atoms with Crippen molar-refractivity contribution in [3.8, 4) is 16.9 Å². The molecular weight excluding hydrogens is 481 g/mol. The van der Waals surface area contributed by atoms with Crippen molar-refractivity contribution in [3.63, 3.8) is 0 Å². The minimum absolute atomic E-state index is 0.239. The summed E-state index contributed by atoms with van der Waals surface area (Å²) in [4.78, 5) is 16.0. The minimum atomic E-state index is -4.72. The summed E-state index contributed by atoms with van der Waals surface area (Å²) in [6.07, 6.45) is -0.155. The molecule has 8 heteroatoms. The molecule has 1 heterocycles. The maximum absolute atomic E-state index is 12.4. The van der Waals surface area contributed by atoms with Gasteiger partial charge in [0.25, 0.3) is 0 Å². The van der Waals surface area contributed by atoms with Gasteiger partial charge < -0.3 is 14.4 Å². The number of carboxylic acids is 1. The number of nitrogens with zero attached hydrogens (tertiary/aromatic N) is 2. The van der Waals surface area contributed by atoms with Gasteiger partial charge in [-0.15, -0.1) is 13.2 Å². The van der Waals surface area contributed by atoms with Gasteiger partial charge in [0.1, 0.15) is 11.6 Å². The highest BCUT2D eigenvalue weighted by atomic mass is 19.4. The van der Waals surface area contributed by atoms with Crippen LogP contribution in [0.3, 0.4) is 0 Å². The van der Waals surface area contributed by atoms with Crippen LogP contribution in [-0.4, -0.2) is 27.0 Å². The summed E-state index contributed by atoms with van der Waals surface area (Å²) in [5, 5.41) is 9.14. The molecule has 0 aliphatic rings. The molecule has 1 aromatic heterocycles. The van der Waals surface area contributed by atoms with Crippen molar-refractivity contribution in [2.24, 2.45) is 0 Å². The fraction of sp³-hybridized carbons (Fsp3) is 0.172. The molecule has 0 aliphatic carbocycles. The molecule has 0 bridgehead atoms. The topological polar surface area (TPSA) is 64.4 Å². The summed E-state index contributed by atoms with van der Waals surface area (Å²) >= 11 is 0. The van der Waals surface area contributed by atoms with E-state index in [1.807, 2.05) is 50.4 Å². The molecule has 0 saturated carbocycles. The molecule has 190 valence electrons. The lowest BCUT2D eigenvalue weighted by Crippen LogP contribution is -2.16. The third-order valence-corrected chi connectivity index (χ3v) is 5.99. The Labute approximate surface area is 212 Å². The summed E-state index contributed by atoms with van der Waals surface area (Å²) in [6.45, 7) is 4.50. The Bertz CT molecular complexity index is 1400. The third kappa shape index (κ3) is 6.67. The highest BCUT2D eigenvalue weighted by Crippen LogP contribution is 2.27. The van der Waals surface area contributed by atoms with E-state index in [4.69, 9.17) is 10.1 Å². The monoisotopic (exact) mass is 506 g/mol. The van der Waals surface area contributed by atoms with E-state index < -0.39 is 12.3 Å². The Morgan fingerprint density at radius 3 is 2.05 bits per heavy atom. The van der Waals surface area contributed by atoms with Crippen LogP contribution in [0.2, 0.25) is 0 Å². The predicted molar refractivity (Wildman–Crippen MR) is 135 cm³/mol. The van der Waals surface area contributed by atoms with E-state index in [9.17, 15) is 18.0 Å². The van der Waals surface area contributed by atoms with Crippen LogP contribution in [-0.2, 0) is 13.0 Å². The molecule has 37 heavy (non-hydrogen) atoms. The van der Waals surface area contributed by atoms with E-state index in [1.54, 1.807) is 36.4 Å². The standard InChI is InChI=1S/C29H25F3N2O3/c1-3-19(2)26-18-34(17-21-6-10-24(11-7-21)28(35)36)27(33-26)16-20-4-8-22(9-5-20)23-12-14-25(15-13-23)37-29(30,31)32/h3-15,18H,16-17H2,1-2H3,(H,35,36)/b19-3+. The number of alkyl halides is 3. The van der Waals surface area contributed by atoms with Crippen molar-refractivity contribution in [1.82, 2.24) is 9.55 Å². The smallest absolute Gasteiger partial charge is 0.478 e. The molecule has 3 aromatic carbocycles. The molecule has 1 N–H and O–H groups in total. The number of carboxylic acid groups (broad SMARTS) is 1. The van der Waals surface area contributed by atoms with E-state index in [0.717, 1.165) is 39.3 Å². The van der Waals surface area contributed by atoms with Crippen LogP contribution >= 0.6 is 0 Å². The highest BCUT2D eigenvalue weighted by Gasteiger charge is 2.30. The average molecular weight is 507 g/mol. The number of aromatic carboxylic acids is 1. The molecule has 0 unspecified atom stereocenters. The summed E-state index contributed by atoms with van der Waals surface area (Å²) in [5.41, 5.74) is 5.79. The lowest BCUT2D eigenvalue weighted by atomic mass is 10.0. The molecule has 0 spiro atoms. The number of benzene rings is 3. The zero-order chi connectivity index (χ0) is 26.6. The van der Waals surface area contributed by atoms with Crippen LogP contribution in [0.4, 0.5) is 13.2 Å². The van der Waals surface area contributed by atoms with Crippen molar-refractivity contribution in [2.75, 3.05) is 0 Å². The minimum Gasteiger partial charge on any atom is -0.478 e. The predicted octanol–water partition coefficient (Wildman–Crippen LogP) is 7.21. The third-order valence-electron chi connectivity index (χ3n) is 5.99. The number of halogens is 3. The summed E-state index contributed by atoms with van der Waals surface area (Å²) < 4.78 is 43.2. The van der Waals surface area contributed by atoms with Gasteiger partial charge in [0.05, 0.1) is 11.3 Å². The normalized spacial score (nSPS) is 12.0. The van der Waals surface area contributed by atoms with Crippen LogP contribution in [0.5, 0.6) is 5.75 Å². The van der Waals surface area contributed by atoms with E-state index in [1.165, 1.54) is 12.1 Å². The molecule has 0 amide bonds. The van der Waals surface area contributed by atoms with Gasteiger partial charge in [0.2, 0.25) is 0 Å². The Morgan fingerprint density at radius 2 is 1.51 bits per heavy atom. The quantitative estimate of drug-likeness (QED) is 0.274. The first-order valence-corrected chi connectivity index (χ1v) is 11.6. The number of allylic oxidation sites excluding steroid dienone is 2. The van der Waals surface area contributed by atoms with Crippen molar-refractivity contribution < 1.29 is 27.8 Å². The van der Waals surface area contributed by atoms with Crippen molar-refractivity contribution in [3.05, 3.63) is 113 Å². The van der Waals surface area contributed by atoms with Gasteiger partial charge in [-0.2, -0.15) is 0 Å². The molecule has 0 radical (unpaired) electrons. The molecule has 0 atom stereocenters. The summed E-state index contributed by atoms with van der Waals surface area (Å²) in [5.74, 6) is -0.362. The molecule has 0 fully saturated rings. The number of hydrogen-bond acceptors (Lipinski definition) is 3. The van der Waals surface area contributed by atoms with E-state index >= 15 is 0 Å². The number of ether oxygens (including phenoxy) is 1. The Hall–Kier alpha value is -4.33. The van der Waals surface area contributed by atoms with Crippen LogP contribution in [0, 0.1) is 0 Å². The molecular formula is C29H25F3N2O3. The zero-order valence-corrected chi connectivity index (χ0v) is 20.3. The molecule has 0 saturated heterocycles. The first-order valence-electron chi connectivity index (χ1n) is 11.6. The number of imidazole rings is 1. The van der Waals surface area contributed by atoms with E-state index in [-0.39, 0.29) is 11.3 Å². The van der Waals surface area contributed by atoms with Crippen LogP contribution < -0.4 is 4.74 Å². The molecule has 5 nitrogen and oxygen atoms in total. The van der Waals surface area contributed by atoms with Crippen molar-refractivity contribution in [2.45, 2.75) is 33.2 Å². The molecule has 4 aromatic rings. The maximum atomic E-state index is 12.4. The van der Waals surface area contributed by atoms with Gasteiger partial charge in [-0.1, -0.05) is 54.6 Å². The van der Waals surface area contributed by atoms with Gasteiger partial charge in [-0.25, -0.2) is 9.78 Å². The van der Waals surface area contributed by atoms with Crippen molar-refractivity contribution in [1.29, 1.82) is 0 Å². The number of aromatic nitrogens is 2. The SMILES string of the molecule is C/C=C(\C)c1cn(Cc2ccc(C(=O)O)cc2)c(Cc2ccc(-c3ccc(OC(F)(F)F)cc3)cc2)n1. The fourth-order valence-corrected chi connectivity index (χ4v) is 3.87. The lowest BCUT2D eigenvalue weighted by molar-refractivity contribution is -0.274. The first kappa shape index (κ1) is 25.8. The largest absolute Gasteiger partial charge is 0.573 e. The number of rotatable bonds is 8. The maximum Gasteiger partial charge on any atom is 0.573 e. The second-order valence-corrected chi connectivity index (χ2v) is 8.59. The van der Waals surface area contributed by atoms with Gasteiger partial charge >= 0.3 is 12.3 Å². The van der Waals surface area contributed by atoms with Crippen LogP contribution in [0.1, 0.15) is 46.9 Å². The van der Waals surface area contributed by atoms with Crippen molar-refractivity contribution >= 4 is 11.5 Å². The van der Waals surface area contributed by atoms with Crippen LogP contribution in [0.25, 0.3) is 16.7 Å². The van der Waals surface area contributed by atoms with Gasteiger partial charge in [0.15, 0.2) is 0 Å². The number of carbonyl (C=O) groups is 1. The van der Waals surface area contributed by atoms with E-state index in [0.29, 0.717) is 13.0 Å². The van der Waals surface area contributed by atoms with Gasteiger partial charge in [-0.3, -0.25) is 0 Å². The zero-order valence-electron chi connectivity index (χ0n) is 20.3. The Morgan fingerprint density at radius 1 is 0.946 bits per heavy atom. The second kappa shape index (κ2) is 10.7. The van der Waals surface area contributed by atoms with Crippen LogP contribution in [0.15, 0.2) is 85.1 Å². The first-order chi connectivity index (χ1) is 17.6. The van der Waals surface area contributed by atoms with Gasteiger partial charge in [-0.05, 0) is 65.9 Å². The highest BCUT2D eigenvalue weighted by molar-refractivity contribution is 5.87. The molecule has 4 rings (SSSR count). The lowest BCUT2D eigenvalue weighted by Gasteiger charge is -2.10. The Kier molecular flexibility index (Phi) is 7.47. The Balaban J connectivity index is 1.53. The summed E-state index contributed by atoms with van der Waals surface area (Å²) in [6, 6.07) is 20.3. The second-order valence-electron chi connectivity index (χ2n) is 8.59. The number of hydrogen-bond donors (Lipinski definition) is 1. The van der Waals surface area contributed by atoms with Gasteiger partial charge in [0, 0.05) is 19.2 Å². The average Bonchev–Trinajstić information content (AvgIpc) is 3.26. The fourth-order valence-electron chi connectivity index (χ4n) is 3.87. The van der Waals surface area contributed by atoms with E-state index in [2.05, 4.69) is 9.30 Å². The summed E-state index contributed by atoms with van der Waals surface area (Å²) in [7, 11) is 0.